The molecule has 0 atom stereocenters. The Morgan fingerprint density at radius 1 is 1.06 bits per heavy atom. The summed E-state index contributed by atoms with van der Waals surface area (Å²) in [5, 5.41) is 18.7. The largest absolute Gasteiger partial charge is 0.358 e. The van der Waals surface area contributed by atoms with E-state index in [2.05, 4.69) is 74.5 Å². The van der Waals surface area contributed by atoms with Crippen LogP contribution in [0.4, 0.5) is 0 Å². The van der Waals surface area contributed by atoms with E-state index in [4.69, 9.17) is 4.99 Å². The van der Waals surface area contributed by atoms with Crippen molar-refractivity contribution in [2.45, 2.75) is 33.2 Å². The van der Waals surface area contributed by atoms with Gasteiger partial charge in [0.15, 0.2) is 11.8 Å². The number of guanidine groups is 1. The van der Waals surface area contributed by atoms with Crippen molar-refractivity contribution in [1.82, 2.24) is 30.4 Å². The minimum Gasteiger partial charge on any atom is -0.358 e. The first kappa shape index (κ1) is 21.1. The van der Waals surface area contributed by atoms with Crippen LogP contribution in [0.25, 0.3) is 10.9 Å². The fourth-order valence-corrected chi connectivity index (χ4v) is 4.34. The van der Waals surface area contributed by atoms with Gasteiger partial charge in [-0.3, -0.25) is 0 Å². The maximum absolute atomic E-state index is 4.76. The van der Waals surface area contributed by atoms with Gasteiger partial charge in [0.25, 0.3) is 0 Å². The molecule has 0 saturated carbocycles. The van der Waals surface area contributed by atoms with Crippen molar-refractivity contribution in [2.75, 3.05) is 13.1 Å². The molecule has 162 valence electrons. The van der Waals surface area contributed by atoms with Crippen LogP contribution in [0.5, 0.6) is 0 Å². The summed E-state index contributed by atoms with van der Waals surface area (Å²) in [5.74, 6) is 2.54. The molecule has 0 aliphatic heterocycles. The SMILES string of the molecule is Cc1[nH]c2ccccc2c1CCNC(=NCc1nnc(C)n1C)NCCc1cccs1. The van der Waals surface area contributed by atoms with Crippen molar-refractivity contribution in [2.24, 2.45) is 12.0 Å². The Kier molecular flexibility index (Phi) is 6.66. The van der Waals surface area contributed by atoms with E-state index in [0.717, 1.165) is 43.5 Å². The van der Waals surface area contributed by atoms with Crippen molar-refractivity contribution in [3.63, 3.8) is 0 Å². The normalized spacial score (nSPS) is 11.9. The number of aromatic amines is 1. The number of hydrogen-bond donors (Lipinski definition) is 3. The van der Waals surface area contributed by atoms with Crippen LogP contribution in [-0.2, 0) is 26.4 Å². The first-order valence-corrected chi connectivity index (χ1v) is 11.5. The van der Waals surface area contributed by atoms with Gasteiger partial charge in [-0.1, -0.05) is 24.3 Å². The quantitative estimate of drug-likeness (QED) is 0.292. The lowest BCUT2D eigenvalue weighted by Crippen LogP contribution is -2.39. The molecular formula is C23H29N7S. The van der Waals surface area contributed by atoms with Gasteiger partial charge < -0.3 is 20.2 Å². The molecule has 0 aliphatic rings. The second kappa shape index (κ2) is 9.78. The van der Waals surface area contributed by atoms with Crippen LogP contribution in [0.3, 0.4) is 0 Å². The average Bonchev–Trinajstić information content (AvgIpc) is 3.47. The maximum Gasteiger partial charge on any atom is 0.191 e. The molecule has 31 heavy (non-hydrogen) atoms. The number of rotatable bonds is 8. The topological polar surface area (TPSA) is 82.9 Å². The highest BCUT2D eigenvalue weighted by Crippen LogP contribution is 2.21. The zero-order valence-corrected chi connectivity index (χ0v) is 19.1. The van der Waals surface area contributed by atoms with E-state index in [-0.39, 0.29) is 0 Å². The van der Waals surface area contributed by atoms with E-state index >= 15 is 0 Å². The number of para-hydroxylation sites is 1. The number of hydrogen-bond acceptors (Lipinski definition) is 4. The Hall–Kier alpha value is -3.13. The first-order valence-electron chi connectivity index (χ1n) is 10.6. The molecule has 0 unspecified atom stereocenters. The number of thiophene rings is 1. The highest BCUT2D eigenvalue weighted by Gasteiger charge is 2.09. The monoisotopic (exact) mass is 435 g/mol. The second-order valence-corrected chi connectivity index (χ2v) is 8.63. The maximum atomic E-state index is 4.76. The van der Waals surface area contributed by atoms with Crippen LogP contribution in [-0.4, -0.2) is 38.8 Å². The number of nitrogens with zero attached hydrogens (tertiary/aromatic N) is 4. The van der Waals surface area contributed by atoms with Gasteiger partial charge in [0.1, 0.15) is 12.4 Å². The molecule has 4 aromatic rings. The minimum absolute atomic E-state index is 0.484. The summed E-state index contributed by atoms with van der Waals surface area (Å²) >= 11 is 1.78. The third-order valence-electron chi connectivity index (χ3n) is 5.50. The van der Waals surface area contributed by atoms with E-state index in [9.17, 15) is 0 Å². The van der Waals surface area contributed by atoms with E-state index in [1.54, 1.807) is 11.3 Å². The lowest BCUT2D eigenvalue weighted by molar-refractivity contribution is 0.746. The minimum atomic E-state index is 0.484. The Morgan fingerprint density at radius 2 is 1.87 bits per heavy atom. The van der Waals surface area contributed by atoms with Gasteiger partial charge in [0.2, 0.25) is 0 Å². The van der Waals surface area contributed by atoms with Crippen LogP contribution in [0, 0.1) is 13.8 Å². The van der Waals surface area contributed by atoms with Crippen LogP contribution in [0.15, 0.2) is 46.8 Å². The third kappa shape index (κ3) is 5.14. The lowest BCUT2D eigenvalue weighted by atomic mass is 10.1. The van der Waals surface area contributed by atoms with Crippen molar-refractivity contribution in [3.05, 3.63) is 69.6 Å². The first-order chi connectivity index (χ1) is 15.1. The van der Waals surface area contributed by atoms with Crippen LogP contribution in [0.2, 0.25) is 0 Å². The highest BCUT2D eigenvalue weighted by molar-refractivity contribution is 7.09. The Balaban J connectivity index is 1.40. The molecule has 3 aromatic heterocycles. The Labute approximate surface area is 186 Å². The number of aromatic nitrogens is 4. The van der Waals surface area contributed by atoms with Crippen LogP contribution in [0.1, 0.15) is 27.8 Å². The summed E-state index contributed by atoms with van der Waals surface area (Å²) in [6, 6.07) is 12.7. The van der Waals surface area contributed by atoms with Gasteiger partial charge in [-0.25, -0.2) is 4.99 Å². The summed E-state index contributed by atoms with van der Waals surface area (Å²) in [4.78, 5) is 9.60. The molecule has 0 aliphatic carbocycles. The molecule has 7 nitrogen and oxygen atoms in total. The number of fused-ring (bicyclic) bond motifs is 1. The Bertz CT molecular complexity index is 1150. The summed E-state index contributed by atoms with van der Waals surface area (Å²) in [5.41, 5.74) is 3.77. The van der Waals surface area contributed by atoms with Crippen molar-refractivity contribution < 1.29 is 0 Å². The summed E-state index contributed by atoms with van der Waals surface area (Å²) < 4.78 is 1.97. The fraction of sp³-hybridized carbons (Fsp3) is 0.348. The van der Waals surface area contributed by atoms with E-state index < -0.39 is 0 Å². The molecule has 0 bridgehead atoms. The van der Waals surface area contributed by atoms with Gasteiger partial charge in [0.05, 0.1) is 0 Å². The second-order valence-electron chi connectivity index (χ2n) is 7.59. The molecule has 8 heteroatoms. The zero-order valence-electron chi connectivity index (χ0n) is 18.3. The van der Waals surface area contributed by atoms with Gasteiger partial charge in [-0.15, -0.1) is 21.5 Å². The highest BCUT2D eigenvalue weighted by atomic mass is 32.1. The van der Waals surface area contributed by atoms with Crippen LogP contribution < -0.4 is 10.6 Å². The predicted octanol–water partition coefficient (Wildman–Crippen LogP) is 3.50. The molecule has 3 heterocycles. The van der Waals surface area contributed by atoms with Gasteiger partial charge in [0, 0.05) is 41.6 Å². The molecule has 0 fully saturated rings. The molecule has 0 amide bonds. The predicted molar refractivity (Wildman–Crippen MR) is 128 cm³/mol. The van der Waals surface area contributed by atoms with E-state index in [0.29, 0.717) is 6.54 Å². The lowest BCUT2D eigenvalue weighted by Gasteiger charge is -2.13. The van der Waals surface area contributed by atoms with Crippen molar-refractivity contribution in [1.29, 1.82) is 0 Å². The van der Waals surface area contributed by atoms with Crippen LogP contribution >= 0.6 is 11.3 Å². The van der Waals surface area contributed by atoms with E-state index in [1.165, 1.54) is 27.0 Å². The fourth-order valence-electron chi connectivity index (χ4n) is 3.63. The van der Waals surface area contributed by atoms with Gasteiger partial charge in [-0.2, -0.15) is 0 Å². The summed E-state index contributed by atoms with van der Waals surface area (Å²) in [6.07, 6.45) is 1.90. The molecule has 4 rings (SSSR count). The smallest absolute Gasteiger partial charge is 0.191 e. The third-order valence-corrected chi connectivity index (χ3v) is 6.44. The number of benzene rings is 1. The summed E-state index contributed by atoms with van der Waals surface area (Å²) in [6.45, 7) is 6.20. The Morgan fingerprint density at radius 3 is 2.61 bits per heavy atom. The molecule has 0 radical (unpaired) electrons. The number of aryl methyl sites for hydroxylation is 2. The standard InChI is InChI=1S/C23H29N7S/c1-16-19(20-8-4-5-9-21(20)27-16)11-13-25-23(24-12-10-18-7-6-14-31-18)26-15-22-29-28-17(2)30(22)3/h4-9,14,27H,10-13,15H2,1-3H3,(H2,24,25,26). The average molecular weight is 436 g/mol. The van der Waals surface area contributed by atoms with E-state index in [1.807, 2.05) is 18.5 Å². The zero-order chi connectivity index (χ0) is 21.6. The number of aliphatic imine (C=N–C) groups is 1. The van der Waals surface area contributed by atoms with Gasteiger partial charge in [-0.05, 0) is 49.8 Å². The molecule has 1 aromatic carbocycles. The van der Waals surface area contributed by atoms with Crippen molar-refractivity contribution in [3.8, 4) is 0 Å². The number of nitrogens with one attached hydrogen (secondary N) is 3. The number of H-pyrrole nitrogens is 1. The molecule has 0 saturated heterocycles. The molecule has 0 spiro atoms. The molecular weight excluding hydrogens is 406 g/mol. The van der Waals surface area contributed by atoms with Gasteiger partial charge >= 0.3 is 0 Å². The summed E-state index contributed by atoms with van der Waals surface area (Å²) in [7, 11) is 1.97. The van der Waals surface area contributed by atoms with Crippen molar-refractivity contribution >= 4 is 28.2 Å². The molecule has 3 N–H and O–H groups in total.